The van der Waals surface area contributed by atoms with E-state index in [0.29, 0.717) is 19.3 Å². The van der Waals surface area contributed by atoms with Gasteiger partial charge in [0.2, 0.25) is 5.78 Å². The van der Waals surface area contributed by atoms with Gasteiger partial charge in [-0.05, 0) is 40.0 Å². The molecule has 0 atom stereocenters. The SMILES string of the molecule is CCCCCCCCCCCCCCC(=O)C(=O)OCCCCC(=O)OC(C)(C)C. The Morgan fingerprint density at radius 2 is 1.10 bits per heavy atom. The van der Waals surface area contributed by atoms with Crippen LogP contribution in [0.25, 0.3) is 0 Å². The predicted octanol–water partition coefficient (Wildman–Crippen LogP) is 6.70. The Morgan fingerprint density at radius 3 is 1.60 bits per heavy atom. The molecule has 0 saturated heterocycles. The van der Waals surface area contributed by atoms with Gasteiger partial charge in [-0.1, -0.05) is 77.6 Å². The van der Waals surface area contributed by atoms with Crippen LogP contribution in [-0.4, -0.2) is 29.9 Å². The number of carbonyl (C=O) groups excluding carboxylic acids is 3. The maximum absolute atomic E-state index is 11.8. The molecule has 0 saturated carbocycles. The summed E-state index contributed by atoms with van der Waals surface area (Å²) in [5.41, 5.74) is -0.482. The molecule has 0 aromatic carbocycles. The van der Waals surface area contributed by atoms with Gasteiger partial charge in [0, 0.05) is 12.8 Å². The van der Waals surface area contributed by atoms with Gasteiger partial charge < -0.3 is 9.47 Å². The third-order valence-corrected chi connectivity index (χ3v) is 4.91. The third kappa shape index (κ3) is 19.9. The van der Waals surface area contributed by atoms with E-state index in [-0.39, 0.29) is 19.0 Å². The molecule has 0 heterocycles. The summed E-state index contributed by atoms with van der Waals surface area (Å²) >= 11 is 0. The minimum Gasteiger partial charge on any atom is -0.460 e. The van der Waals surface area contributed by atoms with Crippen molar-refractivity contribution in [3.8, 4) is 0 Å². The first-order valence-corrected chi connectivity index (χ1v) is 12.2. The van der Waals surface area contributed by atoms with E-state index in [4.69, 9.17) is 9.47 Å². The molecule has 0 rings (SSSR count). The highest BCUT2D eigenvalue weighted by atomic mass is 16.6. The number of esters is 2. The van der Waals surface area contributed by atoms with Crippen molar-refractivity contribution < 1.29 is 23.9 Å². The van der Waals surface area contributed by atoms with Crippen LogP contribution in [0.5, 0.6) is 0 Å². The fourth-order valence-electron chi connectivity index (χ4n) is 3.24. The van der Waals surface area contributed by atoms with Crippen LogP contribution in [-0.2, 0) is 23.9 Å². The molecule has 0 aliphatic rings. The number of hydrogen-bond acceptors (Lipinski definition) is 5. The minimum atomic E-state index is -0.740. The van der Waals surface area contributed by atoms with Crippen molar-refractivity contribution in [3.63, 3.8) is 0 Å². The van der Waals surface area contributed by atoms with Gasteiger partial charge in [-0.25, -0.2) is 4.79 Å². The smallest absolute Gasteiger partial charge is 0.374 e. The van der Waals surface area contributed by atoms with E-state index in [9.17, 15) is 14.4 Å². The molecule has 0 aliphatic heterocycles. The largest absolute Gasteiger partial charge is 0.460 e. The lowest BCUT2D eigenvalue weighted by Crippen LogP contribution is -2.23. The van der Waals surface area contributed by atoms with Crippen LogP contribution in [0.4, 0.5) is 0 Å². The highest BCUT2D eigenvalue weighted by Gasteiger charge is 2.16. The molecular weight excluding hydrogens is 380 g/mol. The van der Waals surface area contributed by atoms with Gasteiger partial charge >= 0.3 is 11.9 Å². The average Bonchev–Trinajstić information content (AvgIpc) is 2.66. The lowest BCUT2D eigenvalue weighted by Gasteiger charge is -2.19. The highest BCUT2D eigenvalue weighted by molar-refractivity contribution is 6.33. The Labute approximate surface area is 184 Å². The van der Waals surface area contributed by atoms with E-state index >= 15 is 0 Å². The summed E-state index contributed by atoms with van der Waals surface area (Å²) < 4.78 is 10.2. The van der Waals surface area contributed by atoms with Crippen molar-refractivity contribution in [1.82, 2.24) is 0 Å². The molecule has 5 nitrogen and oxygen atoms in total. The van der Waals surface area contributed by atoms with Crippen LogP contribution in [0.2, 0.25) is 0 Å². The van der Waals surface area contributed by atoms with Crippen LogP contribution >= 0.6 is 0 Å². The zero-order valence-electron chi connectivity index (χ0n) is 20.1. The standard InChI is InChI=1S/C25H46O5/c1-5-6-7-8-9-10-11-12-13-14-15-16-19-22(26)24(28)29-21-18-17-20-23(27)30-25(2,3)4/h5-21H2,1-4H3. The van der Waals surface area contributed by atoms with Gasteiger partial charge in [0.25, 0.3) is 0 Å². The number of hydrogen-bond donors (Lipinski definition) is 0. The summed E-state index contributed by atoms with van der Waals surface area (Å²) in [4.78, 5) is 35.1. The second kappa shape index (κ2) is 18.4. The quantitative estimate of drug-likeness (QED) is 0.130. The molecule has 0 N–H and O–H groups in total. The zero-order chi connectivity index (χ0) is 22.7. The second-order valence-electron chi connectivity index (χ2n) is 9.24. The molecule has 0 unspecified atom stereocenters. The number of carbonyl (C=O) groups is 3. The first kappa shape index (κ1) is 28.6. The molecule has 0 aromatic rings. The summed E-state index contributed by atoms with van der Waals surface area (Å²) in [6.07, 6.45) is 16.5. The average molecular weight is 427 g/mol. The second-order valence-corrected chi connectivity index (χ2v) is 9.24. The third-order valence-electron chi connectivity index (χ3n) is 4.91. The monoisotopic (exact) mass is 426 g/mol. The van der Waals surface area contributed by atoms with E-state index in [1.54, 1.807) is 0 Å². The van der Waals surface area contributed by atoms with Crippen LogP contribution in [0.3, 0.4) is 0 Å². The van der Waals surface area contributed by atoms with Gasteiger partial charge in [0.05, 0.1) is 6.61 Å². The predicted molar refractivity (Wildman–Crippen MR) is 121 cm³/mol. The van der Waals surface area contributed by atoms with E-state index in [1.165, 1.54) is 57.8 Å². The molecule has 30 heavy (non-hydrogen) atoms. The fourth-order valence-corrected chi connectivity index (χ4v) is 3.24. The summed E-state index contributed by atoms with van der Waals surface area (Å²) in [6, 6.07) is 0. The fraction of sp³-hybridized carbons (Fsp3) is 0.880. The van der Waals surface area contributed by atoms with Crippen molar-refractivity contribution in [2.45, 2.75) is 136 Å². The number of rotatable bonds is 19. The molecule has 176 valence electrons. The number of ether oxygens (including phenoxy) is 2. The molecule has 0 radical (unpaired) electrons. The summed E-state index contributed by atoms with van der Waals surface area (Å²) in [6.45, 7) is 7.90. The normalized spacial score (nSPS) is 11.3. The highest BCUT2D eigenvalue weighted by Crippen LogP contribution is 2.13. The van der Waals surface area contributed by atoms with Gasteiger partial charge in [-0.15, -0.1) is 0 Å². The maximum Gasteiger partial charge on any atom is 0.374 e. The maximum atomic E-state index is 11.8. The van der Waals surface area contributed by atoms with E-state index in [0.717, 1.165) is 19.3 Å². The zero-order valence-corrected chi connectivity index (χ0v) is 20.1. The molecule has 0 fully saturated rings. The van der Waals surface area contributed by atoms with Gasteiger partial charge in [-0.3, -0.25) is 9.59 Å². The summed E-state index contributed by atoms with van der Waals surface area (Å²) in [5.74, 6) is -1.43. The minimum absolute atomic E-state index is 0.172. The molecule has 0 bridgehead atoms. The summed E-state index contributed by atoms with van der Waals surface area (Å²) in [7, 11) is 0. The number of Topliss-reactive ketones (excluding diaryl/α,β-unsaturated/α-hetero) is 1. The lowest BCUT2D eigenvalue weighted by atomic mass is 10.0. The van der Waals surface area contributed by atoms with Crippen molar-refractivity contribution in [2.75, 3.05) is 6.61 Å². The van der Waals surface area contributed by atoms with E-state index < -0.39 is 17.4 Å². The summed E-state index contributed by atoms with van der Waals surface area (Å²) in [5, 5.41) is 0. The van der Waals surface area contributed by atoms with Gasteiger partial charge in [0.15, 0.2) is 0 Å². The first-order valence-electron chi connectivity index (χ1n) is 12.2. The van der Waals surface area contributed by atoms with Crippen molar-refractivity contribution in [3.05, 3.63) is 0 Å². The molecule has 0 aliphatic carbocycles. The number of ketones is 1. The first-order chi connectivity index (χ1) is 14.3. The topological polar surface area (TPSA) is 69.7 Å². The Morgan fingerprint density at radius 1 is 0.633 bits per heavy atom. The molecule has 0 amide bonds. The van der Waals surface area contributed by atoms with Crippen LogP contribution in [0, 0.1) is 0 Å². The molecular formula is C25H46O5. The Balaban J connectivity index is 3.48. The Kier molecular flexibility index (Phi) is 17.5. The van der Waals surface area contributed by atoms with E-state index in [2.05, 4.69) is 6.92 Å². The van der Waals surface area contributed by atoms with Gasteiger partial charge in [-0.2, -0.15) is 0 Å². The van der Waals surface area contributed by atoms with Crippen molar-refractivity contribution in [2.24, 2.45) is 0 Å². The van der Waals surface area contributed by atoms with E-state index in [1.807, 2.05) is 20.8 Å². The molecule has 0 spiro atoms. The molecule has 0 aromatic heterocycles. The van der Waals surface area contributed by atoms with Crippen LogP contribution in [0.1, 0.15) is 130 Å². The lowest BCUT2D eigenvalue weighted by molar-refractivity contribution is -0.155. The number of unbranched alkanes of at least 4 members (excludes halogenated alkanes) is 12. The van der Waals surface area contributed by atoms with Gasteiger partial charge in [0.1, 0.15) is 5.60 Å². The molecule has 5 heteroatoms. The van der Waals surface area contributed by atoms with Crippen LogP contribution in [0.15, 0.2) is 0 Å². The Bertz CT molecular complexity index is 465. The Hall–Kier alpha value is -1.39. The van der Waals surface area contributed by atoms with Crippen LogP contribution < -0.4 is 0 Å². The van der Waals surface area contributed by atoms with Crippen molar-refractivity contribution >= 4 is 17.7 Å². The van der Waals surface area contributed by atoms with Crippen molar-refractivity contribution in [1.29, 1.82) is 0 Å².